The number of aromatic amines is 1. The molecule has 0 bridgehead atoms. The molecule has 13 heteroatoms. The van der Waals surface area contributed by atoms with E-state index in [1.807, 2.05) is 0 Å². The molecule has 0 radical (unpaired) electrons. The van der Waals surface area contributed by atoms with Crippen molar-refractivity contribution >= 4 is 41.0 Å². The van der Waals surface area contributed by atoms with E-state index in [1.54, 1.807) is 0 Å². The zero-order valence-electron chi connectivity index (χ0n) is 18.7. The van der Waals surface area contributed by atoms with Crippen LogP contribution in [0.4, 0.5) is 18.9 Å². The first kappa shape index (κ1) is 27.1. The third kappa shape index (κ3) is 7.50. The number of aromatic carboxylic acids is 1. The van der Waals surface area contributed by atoms with E-state index in [9.17, 15) is 23.1 Å². The van der Waals surface area contributed by atoms with Gasteiger partial charge >= 0.3 is 18.1 Å². The van der Waals surface area contributed by atoms with Gasteiger partial charge in [-0.1, -0.05) is 34.6 Å². The van der Waals surface area contributed by atoms with Crippen LogP contribution in [0.15, 0.2) is 23.2 Å². The van der Waals surface area contributed by atoms with Gasteiger partial charge in [0, 0.05) is 18.3 Å². The third-order valence-corrected chi connectivity index (χ3v) is 7.68. The molecule has 1 aliphatic carbocycles. The molecule has 3 N–H and O–H groups in total. The van der Waals surface area contributed by atoms with Gasteiger partial charge in [-0.3, -0.25) is 5.10 Å². The Balaban J connectivity index is 0.000000429. The van der Waals surface area contributed by atoms with Gasteiger partial charge in [0.1, 0.15) is 0 Å². The highest BCUT2D eigenvalue weighted by Crippen LogP contribution is 2.41. The largest absolute Gasteiger partial charge is 0.490 e. The Kier molecular flexibility index (Phi) is 9.28. The van der Waals surface area contributed by atoms with Crippen LogP contribution in [-0.4, -0.2) is 62.1 Å². The second-order valence-electron chi connectivity index (χ2n) is 8.45. The van der Waals surface area contributed by atoms with Crippen molar-refractivity contribution in [2.24, 2.45) is 0 Å². The number of thioether (sulfide) groups is 1. The number of carboxylic acids is 2. The highest BCUT2D eigenvalue weighted by atomic mass is 35.5. The molecule has 4 rings (SSSR count). The molecule has 1 aliphatic heterocycles. The maximum absolute atomic E-state index is 11.2. The average Bonchev–Trinajstić information content (AvgIpc) is 3.28. The normalized spacial score (nSPS) is 20.6. The van der Waals surface area contributed by atoms with Crippen molar-refractivity contribution in [3.8, 4) is 0 Å². The Morgan fingerprint density at radius 1 is 1.09 bits per heavy atom. The molecule has 0 spiro atoms. The van der Waals surface area contributed by atoms with E-state index in [0.29, 0.717) is 16.2 Å². The molecule has 0 unspecified atom stereocenters. The first-order valence-corrected chi connectivity index (χ1v) is 12.5. The summed E-state index contributed by atoms with van der Waals surface area (Å²) in [5.41, 5.74) is 2.58. The minimum absolute atomic E-state index is 0.0900. The number of H-pyrrole nitrogens is 1. The van der Waals surface area contributed by atoms with Crippen LogP contribution < -0.4 is 4.90 Å². The first-order valence-electron chi connectivity index (χ1n) is 11.2. The zero-order valence-corrected chi connectivity index (χ0v) is 20.3. The standard InChI is InChI=1S/C20H25ClN4O2S.C2HF3O2/c21-16-12-14(6-9-17(16)25-10-2-1-3-11-25)13-4-7-15(8-5-13)28-19-18(20(26)27)22-24-23-19;3-2(4,5)1(6)7/h6,9,12-13,15H,1-5,7-8,10-11H2,(H,26,27)(H,22,23,24);(H,6,7)/t13-,15-;. The summed E-state index contributed by atoms with van der Waals surface area (Å²) in [5.74, 6) is -3.25. The number of rotatable bonds is 5. The second-order valence-corrected chi connectivity index (χ2v) is 10.1. The van der Waals surface area contributed by atoms with E-state index in [1.165, 1.54) is 42.3 Å². The van der Waals surface area contributed by atoms with Gasteiger partial charge in [-0.05, 0) is 68.6 Å². The number of nitrogens with one attached hydrogen (secondary N) is 1. The lowest BCUT2D eigenvalue weighted by atomic mass is 9.84. The van der Waals surface area contributed by atoms with Crippen LogP contribution in [0.1, 0.15) is 66.9 Å². The number of hydrogen-bond donors (Lipinski definition) is 3. The second kappa shape index (κ2) is 12.0. The van der Waals surface area contributed by atoms with Crippen LogP contribution in [0.2, 0.25) is 5.02 Å². The minimum atomic E-state index is -5.08. The maximum atomic E-state index is 11.2. The number of piperidine rings is 1. The Hall–Kier alpha value is -2.47. The van der Waals surface area contributed by atoms with E-state index >= 15 is 0 Å². The monoisotopic (exact) mass is 534 g/mol. The number of aliphatic carboxylic acids is 1. The summed E-state index contributed by atoms with van der Waals surface area (Å²) in [6, 6.07) is 6.59. The molecule has 2 aromatic rings. The van der Waals surface area contributed by atoms with Crippen LogP contribution in [0.5, 0.6) is 0 Å². The van der Waals surface area contributed by atoms with Crippen molar-refractivity contribution in [3.05, 3.63) is 34.5 Å². The van der Waals surface area contributed by atoms with E-state index in [4.69, 9.17) is 21.5 Å². The highest BCUT2D eigenvalue weighted by molar-refractivity contribution is 7.99. The molecular formula is C22H26ClF3N4O4S. The maximum Gasteiger partial charge on any atom is 0.490 e. The number of nitrogens with zero attached hydrogens (tertiary/aromatic N) is 3. The fourth-order valence-corrected chi connectivity index (χ4v) is 5.75. The van der Waals surface area contributed by atoms with Crippen molar-refractivity contribution in [1.82, 2.24) is 15.4 Å². The number of hydrogen-bond acceptors (Lipinski definition) is 6. The van der Waals surface area contributed by atoms with Crippen molar-refractivity contribution in [1.29, 1.82) is 0 Å². The molecule has 1 aromatic carbocycles. The Bertz CT molecular complexity index is 1020. The summed E-state index contributed by atoms with van der Waals surface area (Å²) in [4.78, 5) is 22.5. The van der Waals surface area contributed by atoms with Crippen LogP contribution in [0.3, 0.4) is 0 Å². The van der Waals surface area contributed by atoms with Crippen LogP contribution in [0.25, 0.3) is 0 Å². The molecule has 1 aromatic heterocycles. The minimum Gasteiger partial charge on any atom is -0.476 e. The van der Waals surface area contributed by atoms with Crippen molar-refractivity contribution < 1.29 is 33.0 Å². The van der Waals surface area contributed by atoms with Gasteiger partial charge in [-0.2, -0.15) is 13.2 Å². The summed E-state index contributed by atoms with van der Waals surface area (Å²) in [5, 5.41) is 28.1. The SMILES string of the molecule is O=C(O)C(F)(F)F.O=C(O)c1[nH]nnc1S[C@H]1CC[C@H](c2ccc(N3CCCCC3)c(Cl)c2)CC1. The lowest BCUT2D eigenvalue weighted by Crippen LogP contribution is -2.29. The third-order valence-electron chi connectivity index (χ3n) is 6.07. The smallest absolute Gasteiger partial charge is 0.476 e. The number of benzene rings is 1. The Morgan fingerprint density at radius 3 is 2.26 bits per heavy atom. The Labute approximate surface area is 209 Å². The number of halogens is 4. The van der Waals surface area contributed by atoms with Crippen LogP contribution in [-0.2, 0) is 4.79 Å². The summed E-state index contributed by atoms with van der Waals surface area (Å²) in [6.07, 6.45) is 2.95. The molecule has 0 amide bonds. The number of carboxylic acid groups (broad SMARTS) is 2. The molecular weight excluding hydrogens is 509 g/mol. The molecule has 1 saturated heterocycles. The number of aromatic nitrogens is 3. The van der Waals surface area contributed by atoms with Gasteiger partial charge in [-0.25, -0.2) is 9.59 Å². The van der Waals surface area contributed by atoms with Gasteiger partial charge < -0.3 is 15.1 Å². The van der Waals surface area contributed by atoms with Crippen LogP contribution in [0, 0.1) is 0 Å². The fraction of sp³-hybridized carbons (Fsp3) is 0.545. The molecule has 2 heterocycles. The van der Waals surface area contributed by atoms with Gasteiger partial charge in [-0.15, -0.1) is 5.10 Å². The summed E-state index contributed by atoms with van der Waals surface area (Å²) < 4.78 is 31.7. The number of anilines is 1. The fourth-order valence-electron chi connectivity index (χ4n) is 4.28. The number of carbonyl (C=O) groups is 2. The van der Waals surface area contributed by atoms with Crippen LogP contribution >= 0.6 is 23.4 Å². The highest BCUT2D eigenvalue weighted by Gasteiger charge is 2.38. The van der Waals surface area contributed by atoms with Gasteiger partial charge in [0.25, 0.3) is 0 Å². The van der Waals surface area contributed by atoms with Crippen molar-refractivity contribution in [2.75, 3.05) is 18.0 Å². The first-order chi connectivity index (χ1) is 16.6. The molecule has 35 heavy (non-hydrogen) atoms. The van der Waals surface area contributed by atoms with Gasteiger partial charge in [0.2, 0.25) is 0 Å². The van der Waals surface area contributed by atoms with E-state index in [0.717, 1.165) is 43.8 Å². The van der Waals surface area contributed by atoms with Crippen molar-refractivity contribution in [3.63, 3.8) is 0 Å². The van der Waals surface area contributed by atoms with Gasteiger partial charge in [0.05, 0.1) is 10.7 Å². The van der Waals surface area contributed by atoms with E-state index in [2.05, 4.69) is 38.5 Å². The van der Waals surface area contributed by atoms with E-state index in [-0.39, 0.29) is 5.69 Å². The quantitative estimate of drug-likeness (QED) is 0.453. The lowest BCUT2D eigenvalue weighted by molar-refractivity contribution is -0.192. The van der Waals surface area contributed by atoms with Crippen molar-refractivity contribution in [2.45, 2.75) is 67.3 Å². The molecule has 2 fully saturated rings. The molecule has 8 nitrogen and oxygen atoms in total. The summed E-state index contributed by atoms with van der Waals surface area (Å²) in [6.45, 7) is 2.20. The Morgan fingerprint density at radius 2 is 1.71 bits per heavy atom. The molecule has 2 aliphatic rings. The zero-order chi connectivity index (χ0) is 25.6. The molecule has 1 saturated carbocycles. The molecule has 192 valence electrons. The molecule has 0 atom stereocenters. The summed E-state index contributed by atoms with van der Waals surface area (Å²) >= 11 is 8.16. The number of alkyl halides is 3. The predicted octanol–water partition coefficient (Wildman–Crippen LogP) is 5.60. The predicted molar refractivity (Wildman–Crippen MR) is 125 cm³/mol. The van der Waals surface area contributed by atoms with Gasteiger partial charge in [0.15, 0.2) is 10.7 Å². The average molecular weight is 535 g/mol. The topological polar surface area (TPSA) is 119 Å². The van der Waals surface area contributed by atoms with E-state index < -0.39 is 18.1 Å². The summed E-state index contributed by atoms with van der Waals surface area (Å²) in [7, 11) is 0. The lowest BCUT2D eigenvalue weighted by Gasteiger charge is -2.31.